The fourth-order valence-corrected chi connectivity index (χ4v) is 3.93. The number of nitriles is 1. The number of hydrogen-bond acceptors (Lipinski definition) is 7. The van der Waals surface area contributed by atoms with Crippen molar-refractivity contribution in [2.24, 2.45) is 5.41 Å². The summed E-state index contributed by atoms with van der Waals surface area (Å²) in [5.41, 5.74) is 4.26. The molecule has 1 fully saturated rings. The Morgan fingerprint density at radius 2 is 1.84 bits per heavy atom. The van der Waals surface area contributed by atoms with Crippen molar-refractivity contribution in [2.45, 2.75) is 27.7 Å². The summed E-state index contributed by atoms with van der Waals surface area (Å²) in [5, 5.41) is 19.3. The number of aryl methyl sites for hydroxylation is 1. The van der Waals surface area contributed by atoms with Crippen LogP contribution in [0.25, 0.3) is 11.3 Å². The highest BCUT2D eigenvalue weighted by Gasteiger charge is 2.19. The number of anilines is 2. The molecule has 1 saturated heterocycles. The van der Waals surface area contributed by atoms with Gasteiger partial charge in [-0.1, -0.05) is 32.0 Å². The van der Waals surface area contributed by atoms with Crippen LogP contribution in [0.2, 0.25) is 0 Å². The number of benzene rings is 2. The van der Waals surface area contributed by atoms with Crippen LogP contribution in [0.15, 0.2) is 47.0 Å². The van der Waals surface area contributed by atoms with Gasteiger partial charge in [0.1, 0.15) is 5.69 Å². The molecule has 2 aromatic carbocycles. The molecule has 9 nitrogen and oxygen atoms in total. The number of morpholine rings is 1. The smallest absolute Gasteiger partial charge is 0.289 e. The number of rotatable bonds is 6. The standard InChI is InChI=1S/C28H31N5O4/c1-18-5-6-21(14-23(18)24-15-25(37-32-24)27(35)30-17-28(2,3)4)31-26(34)20-11-19(16-29)12-22(13-20)33-7-9-36-10-8-33/h5-6,11-15H,7-10,17H2,1-4H3,(H,30,35)(H,31,34). The van der Waals surface area contributed by atoms with E-state index in [0.29, 0.717) is 55.4 Å². The predicted octanol–water partition coefficient (Wildman–Crippen LogP) is 4.39. The van der Waals surface area contributed by atoms with Gasteiger partial charge in [-0.3, -0.25) is 9.59 Å². The Hall–Kier alpha value is -4.16. The molecule has 0 radical (unpaired) electrons. The zero-order valence-electron chi connectivity index (χ0n) is 21.6. The number of nitrogens with zero attached hydrogens (tertiary/aromatic N) is 3. The van der Waals surface area contributed by atoms with Gasteiger partial charge in [-0.15, -0.1) is 0 Å². The number of amides is 2. The maximum atomic E-state index is 13.1. The third-order valence-corrected chi connectivity index (χ3v) is 5.97. The fourth-order valence-electron chi connectivity index (χ4n) is 3.93. The van der Waals surface area contributed by atoms with Gasteiger partial charge >= 0.3 is 0 Å². The Morgan fingerprint density at radius 1 is 1.08 bits per heavy atom. The Bertz CT molecular complexity index is 1340. The summed E-state index contributed by atoms with van der Waals surface area (Å²) in [5.74, 6) is -0.537. The highest BCUT2D eigenvalue weighted by molar-refractivity contribution is 6.05. The van der Waals surface area contributed by atoms with Crippen molar-refractivity contribution < 1.29 is 18.8 Å². The number of ether oxygens (including phenoxy) is 1. The van der Waals surface area contributed by atoms with E-state index >= 15 is 0 Å². The van der Waals surface area contributed by atoms with Crippen LogP contribution in [0.4, 0.5) is 11.4 Å². The van der Waals surface area contributed by atoms with E-state index in [1.165, 1.54) is 0 Å². The van der Waals surface area contributed by atoms with Crippen LogP contribution in [-0.4, -0.2) is 49.8 Å². The van der Waals surface area contributed by atoms with Gasteiger partial charge in [0.05, 0.1) is 24.8 Å². The second-order valence-electron chi connectivity index (χ2n) is 10.3. The molecule has 3 aromatic rings. The highest BCUT2D eigenvalue weighted by atomic mass is 16.5. The van der Waals surface area contributed by atoms with Crippen molar-refractivity contribution in [3.63, 3.8) is 0 Å². The summed E-state index contributed by atoms with van der Waals surface area (Å²) < 4.78 is 10.7. The zero-order valence-corrected chi connectivity index (χ0v) is 21.6. The molecule has 4 rings (SSSR count). The summed E-state index contributed by atoms with van der Waals surface area (Å²) in [6, 6.07) is 14.3. The Kier molecular flexibility index (Phi) is 7.60. The molecule has 1 aliphatic rings. The maximum Gasteiger partial charge on any atom is 0.289 e. The van der Waals surface area contributed by atoms with Crippen molar-refractivity contribution in [2.75, 3.05) is 43.1 Å². The van der Waals surface area contributed by atoms with Gasteiger partial charge in [0, 0.05) is 48.2 Å². The van der Waals surface area contributed by atoms with Crippen molar-refractivity contribution in [3.8, 4) is 17.3 Å². The van der Waals surface area contributed by atoms with Crippen LogP contribution in [0.3, 0.4) is 0 Å². The van der Waals surface area contributed by atoms with Gasteiger partial charge in [0.2, 0.25) is 5.76 Å². The molecule has 1 aromatic heterocycles. The van der Waals surface area contributed by atoms with Crippen molar-refractivity contribution in [3.05, 3.63) is 64.9 Å². The highest BCUT2D eigenvalue weighted by Crippen LogP contribution is 2.27. The lowest BCUT2D eigenvalue weighted by molar-refractivity contribution is 0.0902. The van der Waals surface area contributed by atoms with Gasteiger partial charge in [-0.2, -0.15) is 5.26 Å². The van der Waals surface area contributed by atoms with Crippen molar-refractivity contribution >= 4 is 23.2 Å². The summed E-state index contributed by atoms with van der Waals surface area (Å²) >= 11 is 0. The largest absolute Gasteiger partial charge is 0.378 e. The van der Waals surface area contributed by atoms with E-state index < -0.39 is 0 Å². The van der Waals surface area contributed by atoms with Gasteiger partial charge in [-0.05, 0) is 48.2 Å². The summed E-state index contributed by atoms with van der Waals surface area (Å²) in [7, 11) is 0. The second-order valence-corrected chi connectivity index (χ2v) is 10.3. The Labute approximate surface area is 216 Å². The monoisotopic (exact) mass is 501 g/mol. The molecule has 9 heteroatoms. The van der Waals surface area contributed by atoms with Gasteiger partial charge < -0.3 is 24.8 Å². The molecule has 0 atom stereocenters. The average Bonchev–Trinajstić information content (AvgIpc) is 3.38. The fraction of sp³-hybridized carbons (Fsp3) is 0.357. The first-order chi connectivity index (χ1) is 17.6. The van der Waals surface area contributed by atoms with Gasteiger partial charge in [0.15, 0.2) is 0 Å². The molecule has 0 saturated carbocycles. The quantitative estimate of drug-likeness (QED) is 0.514. The molecule has 37 heavy (non-hydrogen) atoms. The number of aromatic nitrogens is 1. The van der Waals surface area contributed by atoms with E-state index in [0.717, 1.165) is 16.8 Å². The third kappa shape index (κ3) is 6.54. The number of carbonyl (C=O) groups excluding carboxylic acids is 2. The first kappa shape index (κ1) is 25.9. The lowest BCUT2D eigenvalue weighted by atomic mass is 9.97. The normalized spacial score (nSPS) is 13.6. The minimum absolute atomic E-state index is 0.0582. The second kappa shape index (κ2) is 10.8. The third-order valence-electron chi connectivity index (χ3n) is 5.97. The van der Waals surface area contributed by atoms with Crippen LogP contribution < -0.4 is 15.5 Å². The SMILES string of the molecule is Cc1ccc(NC(=O)c2cc(C#N)cc(N3CCOCC3)c2)cc1-c1cc(C(=O)NCC(C)(C)C)on1. The molecule has 2 heterocycles. The molecule has 2 N–H and O–H groups in total. The van der Waals surface area contributed by atoms with Crippen molar-refractivity contribution in [1.82, 2.24) is 10.5 Å². The molecule has 1 aliphatic heterocycles. The zero-order chi connectivity index (χ0) is 26.6. The number of hydrogen-bond donors (Lipinski definition) is 2. The van der Waals surface area contributed by atoms with Crippen LogP contribution >= 0.6 is 0 Å². The van der Waals surface area contributed by atoms with E-state index in [1.54, 1.807) is 36.4 Å². The lowest BCUT2D eigenvalue weighted by Gasteiger charge is -2.29. The Balaban J connectivity index is 1.53. The summed E-state index contributed by atoms with van der Waals surface area (Å²) in [4.78, 5) is 27.7. The summed E-state index contributed by atoms with van der Waals surface area (Å²) in [6.07, 6.45) is 0. The van der Waals surface area contributed by atoms with Crippen LogP contribution in [-0.2, 0) is 4.74 Å². The topological polar surface area (TPSA) is 120 Å². The van der Waals surface area contributed by atoms with Gasteiger partial charge in [-0.25, -0.2) is 0 Å². The molecule has 192 valence electrons. The molecule has 0 spiro atoms. The summed E-state index contributed by atoms with van der Waals surface area (Å²) in [6.45, 7) is 11.1. The van der Waals surface area contributed by atoms with Crippen LogP contribution in [0, 0.1) is 23.7 Å². The minimum Gasteiger partial charge on any atom is -0.378 e. The van der Waals surface area contributed by atoms with Crippen molar-refractivity contribution in [1.29, 1.82) is 5.26 Å². The minimum atomic E-state index is -0.330. The first-order valence-electron chi connectivity index (χ1n) is 12.2. The molecular formula is C28H31N5O4. The molecule has 2 amide bonds. The van der Waals surface area contributed by atoms with Crippen LogP contribution in [0.5, 0.6) is 0 Å². The Morgan fingerprint density at radius 3 is 2.54 bits per heavy atom. The lowest BCUT2D eigenvalue weighted by Crippen LogP contribution is -2.36. The average molecular weight is 502 g/mol. The van der Waals surface area contributed by atoms with E-state index in [4.69, 9.17) is 9.26 Å². The molecule has 0 unspecified atom stereocenters. The molecular weight excluding hydrogens is 470 g/mol. The predicted molar refractivity (Wildman–Crippen MR) is 141 cm³/mol. The van der Waals surface area contributed by atoms with E-state index in [-0.39, 0.29) is 23.0 Å². The number of nitrogens with one attached hydrogen (secondary N) is 2. The first-order valence-corrected chi connectivity index (χ1v) is 12.2. The number of carbonyl (C=O) groups is 2. The molecule has 0 bridgehead atoms. The van der Waals surface area contributed by atoms with Crippen LogP contribution in [0.1, 0.15) is 52.8 Å². The molecule has 0 aliphatic carbocycles. The van der Waals surface area contributed by atoms with Gasteiger partial charge in [0.25, 0.3) is 11.8 Å². The maximum absolute atomic E-state index is 13.1. The van der Waals surface area contributed by atoms with E-state index in [1.807, 2.05) is 33.8 Å². The van der Waals surface area contributed by atoms with E-state index in [2.05, 4.69) is 26.8 Å². The van der Waals surface area contributed by atoms with E-state index in [9.17, 15) is 14.9 Å².